The zero-order valence-electron chi connectivity index (χ0n) is 8.60. The van der Waals surface area contributed by atoms with Crippen molar-refractivity contribution in [3.8, 4) is 0 Å². The Labute approximate surface area is 90.9 Å². The average Bonchev–Trinajstić information content (AvgIpc) is 2.64. The minimum Gasteiger partial charge on any atom is -0.329 e. The van der Waals surface area contributed by atoms with Crippen LogP contribution in [0.3, 0.4) is 0 Å². The van der Waals surface area contributed by atoms with E-state index in [2.05, 4.69) is 15.4 Å². The summed E-state index contributed by atoms with van der Waals surface area (Å²) in [7, 11) is 1.75. The Kier molecular flexibility index (Phi) is 2.55. The van der Waals surface area contributed by atoms with E-state index in [-0.39, 0.29) is 11.5 Å². The fourth-order valence-corrected chi connectivity index (χ4v) is 1.27. The number of pyridine rings is 1. The van der Waals surface area contributed by atoms with E-state index in [0.29, 0.717) is 11.3 Å². The van der Waals surface area contributed by atoms with E-state index in [1.165, 1.54) is 24.5 Å². The molecule has 0 unspecified atom stereocenters. The van der Waals surface area contributed by atoms with Gasteiger partial charge in [0.15, 0.2) is 0 Å². The highest BCUT2D eigenvalue weighted by molar-refractivity contribution is 6.03. The molecule has 6 nitrogen and oxygen atoms in total. The van der Waals surface area contributed by atoms with Crippen LogP contribution < -0.4 is 10.9 Å². The van der Waals surface area contributed by atoms with E-state index in [1.54, 1.807) is 17.9 Å². The molecule has 2 heterocycles. The summed E-state index contributed by atoms with van der Waals surface area (Å²) >= 11 is 0. The summed E-state index contributed by atoms with van der Waals surface area (Å²) in [6, 6.07) is 2.78. The first-order valence-corrected chi connectivity index (χ1v) is 4.64. The van der Waals surface area contributed by atoms with Crippen LogP contribution in [0.15, 0.2) is 35.5 Å². The monoisotopic (exact) mass is 218 g/mol. The number of H-pyrrole nitrogens is 1. The van der Waals surface area contributed by atoms with Crippen molar-refractivity contribution in [2.75, 3.05) is 5.32 Å². The van der Waals surface area contributed by atoms with Gasteiger partial charge in [-0.05, 0) is 6.07 Å². The zero-order chi connectivity index (χ0) is 11.5. The highest BCUT2D eigenvalue weighted by Gasteiger charge is 2.06. The number of nitrogens with one attached hydrogen (secondary N) is 2. The third-order valence-corrected chi connectivity index (χ3v) is 2.00. The Balaban J connectivity index is 2.17. The molecule has 0 saturated carbocycles. The summed E-state index contributed by atoms with van der Waals surface area (Å²) in [5, 5.41) is 6.55. The number of carbonyl (C=O) groups excluding carboxylic acids is 1. The maximum Gasteiger partial charge on any atom is 0.256 e. The number of aromatic nitrogens is 3. The topological polar surface area (TPSA) is 79.8 Å². The van der Waals surface area contributed by atoms with Crippen LogP contribution in [0.25, 0.3) is 0 Å². The first-order valence-electron chi connectivity index (χ1n) is 4.64. The van der Waals surface area contributed by atoms with Crippen molar-refractivity contribution in [2.24, 2.45) is 7.05 Å². The predicted octanol–water partition coefficient (Wildman–Crippen LogP) is 0.361. The van der Waals surface area contributed by atoms with E-state index in [0.717, 1.165) is 0 Å². The molecule has 0 aliphatic carbocycles. The molecule has 2 N–H and O–H groups in total. The van der Waals surface area contributed by atoms with Gasteiger partial charge in [0.25, 0.3) is 5.91 Å². The molecule has 0 spiro atoms. The molecule has 0 saturated heterocycles. The van der Waals surface area contributed by atoms with E-state index >= 15 is 0 Å². The summed E-state index contributed by atoms with van der Waals surface area (Å²) in [5.41, 5.74) is 0.597. The number of amides is 1. The zero-order valence-corrected chi connectivity index (χ0v) is 8.60. The molecule has 0 fully saturated rings. The van der Waals surface area contributed by atoms with Crippen molar-refractivity contribution in [1.82, 2.24) is 14.8 Å². The second-order valence-corrected chi connectivity index (χ2v) is 3.30. The van der Waals surface area contributed by atoms with E-state index < -0.39 is 0 Å². The normalized spacial score (nSPS) is 10.1. The quantitative estimate of drug-likeness (QED) is 0.763. The van der Waals surface area contributed by atoms with Crippen molar-refractivity contribution >= 4 is 11.6 Å². The van der Waals surface area contributed by atoms with Crippen molar-refractivity contribution in [3.63, 3.8) is 0 Å². The lowest BCUT2D eigenvalue weighted by Gasteiger charge is -2.00. The van der Waals surface area contributed by atoms with Crippen molar-refractivity contribution < 1.29 is 4.79 Å². The van der Waals surface area contributed by atoms with Gasteiger partial charge in [0, 0.05) is 31.1 Å². The molecule has 0 aliphatic heterocycles. The summed E-state index contributed by atoms with van der Waals surface area (Å²) in [5.74, 6) is -0.334. The number of carbonyl (C=O) groups is 1. The molecule has 6 heteroatoms. The van der Waals surface area contributed by atoms with Crippen LogP contribution in [-0.2, 0) is 7.05 Å². The SMILES string of the molecule is Cn1cc(NC(=O)c2cc[nH]c(=O)c2)cn1. The van der Waals surface area contributed by atoms with Crippen LogP contribution in [0.5, 0.6) is 0 Å². The Morgan fingerprint density at radius 3 is 3.00 bits per heavy atom. The maximum absolute atomic E-state index is 11.7. The van der Waals surface area contributed by atoms with Gasteiger partial charge in [-0.25, -0.2) is 0 Å². The van der Waals surface area contributed by atoms with Crippen LogP contribution in [0.1, 0.15) is 10.4 Å². The van der Waals surface area contributed by atoms with Crippen LogP contribution in [0, 0.1) is 0 Å². The van der Waals surface area contributed by atoms with Crippen LogP contribution in [0.4, 0.5) is 5.69 Å². The Bertz CT molecular complexity index is 570. The average molecular weight is 218 g/mol. The maximum atomic E-state index is 11.7. The van der Waals surface area contributed by atoms with Crippen LogP contribution >= 0.6 is 0 Å². The smallest absolute Gasteiger partial charge is 0.256 e. The minimum atomic E-state index is -0.334. The number of rotatable bonds is 2. The molecular formula is C10H10N4O2. The predicted molar refractivity (Wildman–Crippen MR) is 58.2 cm³/mol. The van der Waals surface area contributed by atoms with E-state index in [1.807, 2.05) is 0 Å². The molecule has 0 aliphatic rings. The third kappa shape index (κ3) is 2.17. The lowest BCUT2D eigenvalue weighted by atomic mass is 10.2. The molecule has 2 aromatic rings. The highest BCUT2D eigenvalue weighted by Crippen LogP contribution is 2.05. The lowest BCUT2D eigenvalue weighted by molar-refractivity contribution is 0.102. The summed E-state index contributed by atoms with van der Waals surface area (Å²) in [6.07, 6.45) is 4.64. The number of aromatic amines is 1. The molecule has 1 amide bonds. The first kappa shape index (κ1) is 10.2. The number of hydrogen-bond donors (Lipinski definition) is 2. The van der Waals surface area contributed by atoms with Crippen LogP contribution in [-0.4, -0.2) is 20.7 Å². The summed E-state index contributed by atoms with van der Waals surface area (Å²) in [4.78, 5) is 25.1. The van der Waals surface area contributed by atoms with E-state index in [9.17, 15) is 9.59 Å². The summed E-state index contributed by atoms with van der Waals surface area (Å²) in [6.45, 7) is 0. The molecule has 2 aromatic heterocycles. The summed E-state index contributed by atoms with van der Waals surface area (Å²) < 4.78 is 1.58. The van der Waals surface area contributed by atoms with Crippen molar-refractivity contribution in [2.45, 2.75) is 0 Å². The van der Waals surface area contributed by atoms with Gasteiger partial charge in [-0.3, -0.25) is 14.3 Å². The second-order valence-electron chi connectivity index (χ2n) is 3.30. The van der Waals surface area contributed by atoms with Gasteiger partial charge in [0.2, 0.25) is 5.56 Å². The first-order chi connectivity index (χ1) is 7.65. The molecule has 16 heavy (non-hydrogen) atoms. The molecule has 0 atom stereocenters. The number of aryl methyl sites for hydroxylation is 1. The molecular weight excluding hydrogens is 208 g/mol. The fourth-order valence-electron chi connectivity index (χ4n) is 1.27. The van der Waals surface area contributed by atoms with Gasteiger partial charge in [0.05, 0.1) is 11.9 Å². The van der Waals surface area contributed by atoms with Gasteiger partial charge >= 0.3 is 0 Å². The molecule has 82 valence electrons. The van der Waals surface area contributed by atoms with Crippen LogP contribution in [0.2, 0.25) is 0 Å². The third-order valence-electron chi connectivity index (χ3n) is 2.00. The molecule has 0 aromatic carbocycles. The largest absolute Gasteiger partial charge is 0.329 e. The van der Waals surface area contributed by atoms with Crippen molar-refractivity contribution in [1.29, 1.82) is 0 Å². The Morgan fingerprint density at radius 1 is 1.56 bits per heavy atom. The van der Waals surface area contributed by atoms with Gasteiger partial charge in [-0.2, -0.15) is 5.10 Å². The number of nitrogens with zero attached hydrogens (tertiary/aromatic N) is 2. The van der Waals surface area contributed by atoms with Gasteiger partial charge in [0.1, 0.15) is 0 Å². The molecule has 0 radical (unpaired) electrons. The van der Waals surface area contributed by atoms with Crippen molar-refractivity contribution in [3.05, 3.63) is 46.6 Å². The lowest BCUT2D eigenvalue weighted by Crippen LogP contribution is -2.15. The number of hydrogen-bond acceptors (Lipinski definition) is 3. The van der Waals surface area contributed by atoms with Gasteiger partial charge < -0.3 is 10.3 Å². The standard InChI is InChI=1S/C10H10N4O2/c1-14-6-8(5-12-14)13-10(16)7-2-3-11-9(15)4-7/h2-6H,1H3,(H,11,15)(H,13,16). The number of anilines is 1. The van der Waals surface area contributed by atoms with Gasteiger partial charge in [-0.15, -0.1) is 0 Å². The van der Waals surface area contributed by atoms with Gasteiger partial charge in [-0.1, -0.05) is 0 Å². The molecule has 2 rings (SSSR count). The molecule has 0 bridgehead atoms. The van der Waals surface area contributed by atoms with E-state index in [4.69, 9.17) is 0 Å². The fraction of sp³-hybridized carbons (Fsp3) is 0.100. The second kappa shape index (κ2) is 4.01. The Morgan fingerprint density at radius 2 is 2.38 bits per heavy atom. The minimum absolute atomic E-state index is 0.307. The Hall–Kier alpha value is -2.37. The highest BCUT2D eigenvalue weighted by atomic mass is 16.2.